The highest BCUT2D eigenvalue weighted by molar-refractivity contribution is 6.44. The fourth-order valence-corrected chi connectivity index (χ4v) is 3.38. The van der Waals surface area contributed by atoms with Crippen LogP contribution in [-0.2, 0) is 0 Å². The Kier molecular flexibility index (Phi) is 5.08. The number of H-pyrrole nitrogens is 1. The zero-order chi connectivity index (χ0) is 19.2. The van der Waals surface area contributed by atoms with Crippen molar-refractivity contribution in [3.05, 3.63) is 67.6 Å². The summed E-state index contributed by atoms with van der Waals surface area (Å²) < 4.78 is 1.24. The van der Waals surface area contributed by atoms with E-state index < -0.39 is 5.78 Å². The first-order chi connectivity index (χ1) is 12.2. The molecule has 134 valence electrons. The van der Waals surface area contributed by atoms with Gasteiger partial charge in [-0.3, -0.25) is 14.2 Å². The van der Waals surface area contributed by atoms with Gasteiger partial charge in [-0.2, -0.15) is 0 Å². The summed E-state index contributed by atoms with van der Waals surface area (Å²) in [4.78, 5) is 27.6. The molecule has 0 aliphatic heterocycles. The molecule has 2 N–H and O–H groups in total. The van der Waals surface area contributed by atoms with Crippen molar-refractivity contribution in [3.8, 4) is 11.4 Å². The number of carbonyl (C=O) groups is 2. The minimum absolute atomic E-state index is 0.0115. The molecule has 2 aromatic heterocycles. The summed E-state index contributed by atoms with van der Waals surface area (Å²) >= 11 is 24.6. The zero-order valence-corrected chi connectivity index (χ0v) is 16.1. The van der Waals surface area contributed by atoms with E-state index in [-0.39, 0.29) is 54.5 Å². The Morgan fingerprint density at radius 2 is 1.77 bits per heavy atom. The van der Waals surface area contributed by atoms with Crippen LogP contribution in [0.3, 0.4) is 0 Å². The highest BCUT2D eigenvalue weighted by Crippen LogP contribution is 2.39. The molecule has 0 spiro atoms. The maximum Gasteiger partial charge on any atom is 0.213 e. The first-order valence-electron chi connectivity index (χ1n) is 7.21. The quantitative estimate of drug-likeness (QED) is 0.531. The van der Waals surface area contributed by atoms with Crippen molar-refractivity contribution < 1.29 is 14.7 Å². The molecule has 0 saturated heterocycles. The molecular weight excluding hydrogens is 422 g/mol. The molecule has 3 aromatic rings. The molecule has 0 saturated carbocycles. The molecule has 2 heterocycles. The number of carbonyl (C=O) groups excluding carboxylic acids is 2. The molecule has 1 aromatic carbocycles. The number of para-hydroxylation sites is 1. The lowest BCUT2D eigenvalue weighted by Crippen LogP contribution is -2.11. The fourth-order valence-electron chi connectivity index (χ4n) is 2.55. The van der Waals surface area contributed by atoms with Crippen molar-refractivity contribution in [2.45, 2.75) is 6.92 Å². The van der Waals surface area contributed by atoms with Gasteiger partial charge in [0.1, 0.15) is 26.8 Å². The van der Waals surface area contributed by atoms with Crippen LogP contribution in [0.2, 0.25) is 20.4 Å². The van der Waals surface area contributed by atoms with Gasteiger partial charge in [-0.1, -0.05) is 58.5 Å². The maximum absolute atomic E-state index is 13.0. The standard InChI is InChI=1S/C17H10Cl4N2O3/c1-7(24)13-14(12(19)16(20)22-13)23-10(6-9(18)17(23)21)15(26)8-4-2-3-5-11(8)25/h2-6,22,25H,1H3. The maximum atomic E-state index is 13.0. The minimum atomic E-state index is -0.556. The number of ketones is 2. The predicted octanol–water partition coefficient (Wildman–Crippen LogP) is 5.56. The third kappa shape index (κ3) is 3.01. The zero-order valence-electron chi connectivity index (χ0n) is 13.1. The number of phenolic OH excluding ortho intramolecular Hbond substituents is 1. The largest absolute Gasteiger partial charge is 0.507 e. The van der Waals surface area contributed by atoms with E-state index in [1.807, 2.05) is 0 Å². The molecular formula is C17H10Cl4N2O3. The number of benzene rings is 1. The van der Waals surface area contributed by atoms with Crippen LogP contribution in [0.15, 0.2) is 30.3 Å². The summed E-state index contributed by atoms with van der Waals surface area (Å²) in [5.41, 5.74) is 0.239. The van der Waals surface area contributed by atoms with E-state index in [9.17, 15) is 14.7 Å². The molecule has 0 unspecified atom stereocenters. The number of phenols is 1. The van der Waals surface area contributed by atoms with Crippen LogP contribution in [-0.4, -0.2) is 26.2 Å². The first-order valence-corrected chi connectivity index (χ1v) is 8.73. The number of halogens is 4. The number of rotatable bonds is 4. The van der Waals surface area contributed by atoms with Gasteiger partial charge in [-0.05, 0) is 18.2 Å². The second-order valence-electron chi connectivity index (χ2n) is 5.38. The number of aromatic nitrogens is 2. The van der Waals surface area contributed by atoms with E-state index in [1.54, 1.807) is 12.1 Å². The van der Waals surface area contributed by atoms with Gasteiger partial charge in [-0.25, -0.2) is 0 Å². The summed E-state index contributed by atoms with van der Waals surface area (Å²) in [5, 5.41) is 10.1. The van der Waals surface area contributed by atoms with Crippen LogP contribution < -0.4 is 0 Å². The van der Waals surface area contributed by atoms with Crippen LogP contribution >= 0.6 is 46.4 Å². The van der Waals surface area contributed by atoms with Gasteiger partial charge in [0.2, 0.25) is 5.78 Å². The third-order valence-electron chi connectivity index (χ3n) is 3.73. The molecule has 5 nitrogen and oxygen atoms in total. The Morgan fingerprint density at radius 3 is 2.38 bits per heavy atom. The predicted molar refractivity (Wildman–Crippen MR) is 102 cm³/mol. The lowest BCUT2D eigenvalue weighted by atomic mass is 10.1. The smallest absolute Gasteiger partial charge is 0.213 e. The number of hydrogen-bond donors (Lipinski definition) is 2. The molecule has 0 bridgehead atoms. The summed E-state index contributed by atoms with van der Waals surface area (Å²) in [7, 11) is 0. The monoisotopic (exact) mass is 430 g/mol. The normalized spacial score (nSPS) is 11.0. The van der Waals surface area contributed by atoms with Gasteiger partial charge in [0, 0.05) is 6.92 Å². The van der Waals surface area contributed by atoms with Gasteiger partial charge < -0.3 is 10.1 Å². The Labute approximate surface area is 168 Å². The van der Waals surface area contributed by atoms with Gasteiger partial charge in [-0.15, -0.1) is 0 Å². The van der Waals surface area contributed by atoms with Gasteiger partial charge in [0.15, 0.2) is 5.78 Å². The molecule has 0 amide bonds. The van der Waals surface area contributed by atoms with Crippen molar-refractivity contribution >= 4 is 58.0 Å². The van der Waals surface area contributed by atoms with Crippen molar-refractivity contribution in [2.75, 3.05) is 0 Å². The molecule has 0 fully saturated rings. The Bertz CT molecular complexity index is 1050. The second-order valence-corrected chi connectivity index (χ2v) is 6.90. The van der Waals surface area contributed by atoms with Crippen LogP contribution in [0.5, 0.6) is 5.75 Å². The van der Waals surface area contributed by atoms with E-state index in [4.69, 9.17) is 46.4 Å². The highest BCUT2D eigenvalue weighted by Gasteiger charge is 2.28. The first kappa shape index (κ1) is 18.9. The van der Waals surface area contributed by atoms with Crippen molar-refractivity contribution in [3.63, 3.8) is 0 Å². The SMILES string of the molecule is CC(=O)c1[nH]c(Cl)c(Cl)c1-n1c(C(=O)c2ccccc2O)cc(Cl)c1Cl. The Morgan fingerprint density at radius 1 is 1.12 bits per heavy atom. The van der Waals surface area contributed by atoms with E-state index in [0.29, 0.717) is 0 Å². The van der Waals surface area contributed by atoms with Crippen LogP contribution in [0.1, 0.15) is 33.5 Å². The number of nitrogens with zero attached hydrogens (tertiary/aromatic N) is 1. The van der Waals surface area contributed by atoms with Gasteiger partial charge in [0.25, 0.3) is 0 Å². The molecule has 0 atom stereocenters. The number of aromatic hydroxyl groups is 1. The molecule has 3 rings (SSSR count). The van der Waals surface area contributed by atoms with E-state index in [1.165, 1.54) is 29.7 Å². The molecule has 9 heteroatoms. The summed E-state index contributed by atoms with van der Waals surface area (Å²) in [6.07, 6.45) is 0. The summed E-state index contributed by atoms with van der Waals surface area (Å²) in [5.74, 6) is -1.13. The Hall–Kier alpha value is -1.92. The van der Waals surface area contributed by atoms with Gasteiger partial charge >= 0.3 is 0 Å². The van der Waals surface area contributed by atoms with E-state index >= 15 is 0 Å². The molecule has 0 aliphatic rings. The molecule has 26 heavy (non-hydrogen) atoms. The topological polar surface area (TPSA) is 75.1 Å². The van der Waals surface area contributed by atoms with Gasteiger partial charge in [0.05, 0.1) is 22.0 Å². The molecule has 0 radical (unpaired) electrons. The average molecular weight is 432 g/mol. The Balaban J connectivity index is 2.31. The van der Waals surface area contributed by atoms with E-state index in [2.05, 4.69) is 4.98 Å². The van der Waals surface area contributed by atoms with Crippen molar-refractivity contribution in [1.82, 2.24) is 9.55 Å². The highest BCUT2D eigenvalue weighted by atomic mass is 35.5. The average Bonchev–Trinajstić information content (AvgIpc) is 3.05. The van der Waals surface area contributed by atoms with Crippen molar-refractivity contribution in [2.24, 2.45) is 0 Å². The summed E-state index contributed by atoms with van der Waals surface area (Å²) in [6, 6.07) is 7.35. The number of hydrogen-bond acceptors (Lipinski definition) is 3. The van der Waals surface area contributed by atoms with Crippen LogP contribution in [0.25, 0.3) is 5.69 Å². The third-order valence-corrected chi connectivity index (χ3v) is 5.23. The van der Waals surface area contributed by atoms with Crippen LogP contribution in [0, 0.1) is 0 Å². The van der Waals surface area contributed by atoms with E-state index in [0.717, 1.165) is 0 Å². The lowest BCUT2D eigenvalue weighted by Gasteiger charge is -2.11. The number of Topliss-reactive ketones (excluding diaryl/α,β-unsaturated/α-hetero) is 1. The molecule has 0 aliphatic carbocycles. The lowest BCUT2D eigenvalue weighted by molar-refractivity contribution is 0.100. The van der Waals surface area contributed by atoms with Crippen LogP contribution in [0.4, 0.5) is 0 Å². The van der Waals surface area contributed by atoms with Crippen molar-refractivity contribution in [1.29, 1.82) is 0 Å². The number of nitrogens with one attached hydrogen (secondary N) is 1. The number of aromatic amines is 1. The fraction of sp³-hybridized carbons (Fsp3) is 0.0588. The minimum Gasteiger partial charge on any atom is -0.507 e. The summed E-state index contributed by atoms with van der Waals surface area (Å²) in [6.45, 7) is 1.31. The second kappa shape index (κ2) is 7.00.